The summed E-state index contributed by atoms with van der Waals surface area (Å²) < 4.78 is 5.31. The molecule has 0 radical (unpaired) electrons. The summed E-state index contributed by atoms with van der Waals surface area (Å²) in [6.45, 7) is 0. The number of pyridine rings is 1. The molecular weight excluding hydrogens is 312 g/mol. The van der Waals surface area contributed by atoms with Crippen LogP contribution in [0.3, 0.4) is 0 Å². The maximum Gasteiger partial charge on any atom is 0.345 e. The number of allylic oxidation sites excluding steroid dienone is 1. The van der Waals surface area contributed by atoms with E-state index in [0.29, 0.717) is 16.9 Å². The molecule has 120 valence electrons. The summed E-state index contributed by atoms with van der Waals surface area (Å²) >= 11 is 0. The van der Waals surface area contributed by atoms with E-state index in [9.17, 15) is 10.1 Å². The van der Waals surface area contributed by atoms with Crippen molar-refractivity contribution in [3.05, 3.63) is 95.8 Å². The summed E-state index contributed by atoms with van der Waals surface area (Å²) in [5.41, 5.74) is 2.67. The van der Waals surface area contributed by atoms with Crippen LogP contribution in [0.2, 0.25) is 0 Å². The fourth-order valence-electron chi connectivity index (χ4n) is 2.25. The number of esters is 1. The van der Waals surface area contributed by atoms with Gasteiger partial charge in [0.1, 0.15) is 5.75 Å². The van der Waals surface area contributed by atoms with Crippen molar-refractivity contribution in [2.45, 2.75) is 0 Å². The van der Waals surface area contributed by atoms with E-state index in [0.717, 1.165) is 11.1 Å². The second kappa shape index (κ2) is 7.71. The van der Waals surface area contributed by atoms with Gasteiger partial charge in [-0.3, -0.25) is 4.98 Å². The van der Waals surface area contributed by atoms with Crippen LogP contribution in [0.5, 0.6) is 5.75 Å². The topological polar surface area (TPSA) is 63.0 Å². The van der Waals surface area contributed by atoms with Gasteiger partial charge in [0.15, 0.2) is 0 Å². The number of benzene rings is 2. The predicted molar refractivity (Wildman–Crippen MR) is 95.6 cm³/mol. The first-order valence-corrected chi connectivity index (χ1v) is 7.66. The molecule has 1 heterocycles. The Kier molecular flexibility index (Phi) is 4.98. The second-order valence-corrected chi connectivity index (χ2v) is 5.24. The van der Waals surface area contributed by atoms with Crippen molar-refractivity contribution in [2.24, 2.45) is 0 Å². The van der Waals surface area contributed by atoms with Gasteiger partial charge in [0.25, 0.3) is 0 Å². The van der Waals surface area contributed by atoms with Gasteiger partial charge in [-0.25, -0.2) is 4.79 Å². The maximum atomic E-state index is 12.0. The van der Waals surface area contributed by atoms with Crippen LogP contribution >= 0.6 is 0 Å². The van der Waals surface area contributed by atoms with Gasteiger partial charge in [-0.2, -0.15) is 5.26 Å². The van der Waals surface area contributed by atoms with E-state index in [1.165, 1.54) is 6.20 Å². The first-order valence-electron chi connectivity index (χ1n) is 7.66. The fourth-order valence-corrected chi connectivity index (χ4v) is 2.25. The zero-order valence-corrected chi connectivity index (χ0v) is 13.3. The van der Waals surface area contributed by atoms with Crippen molar-refractivity contribution in [1.29, 1.82) is 5.26 Å². The van der Waals surface area contributed by atoms with Crippen LogP contribution in [-0.4, -0.2) is 11.0 Å². The number of nitrogens with zero attached hydrogens (tertiary/aromatic N) is 2. The van der Waals surface area contributed by atoms with E-state index in [2.05, 4.69) is 11.1 Å². The fraction of sp³-hybridized carbons (Fsp3) is 0. The first-order chi connectivity index (χ1) is 12.3. The minimum absolute atomic E-state index is 0.391. The van der Waals surface area contributed by atoms with Crippen molar-refractivity contribution in [3.63, 3.8) is 0 Å². The Morgan fingerprint density at radius 3 is 2.32 bits per heavy atom. The molecular formula is C21H14N2O2. The monoisotopic (exact) mass is 326 g/mol. The predicted octanol–water partition coefficient (Wildman–Crippen LogP) is 4.36. The quantitative estimate of drug-likeness (QED) is 0.309. The Morgan fingerprint density at radius 1 is 0.960 bits per heavy atom. The number of ether oxygens (including phenoxy) is 1. The van der Waals surface area contributed by atoms with Crippen LogP contribution in [0.4, 0.5) is 0 Å². The molecule has 0 unspecified atom stereocenters. The molecule has 0 fully saturated rings. The first kappa shape index (κ1) is 16.2. The molecule has 1 aromatic heterocycles. The third-order valence-electron chi connectivity index (χ3n) is 3.50. The summed E-state index contributed by atoms with van der Waals surface area (Å²) in [7, 11) is 0. The summed E-state index contributed by atoms with van der Waals surface area (Å²) in [5, 5.41) is 9.35. The van der Waals surface area contributed by atoms with E-state index >= 15 is 0 Å². The minimum Gasteiger partial charge on any atom is -0.423 e. The number of aromatic nitrogens is 1. The van der Waals surface area contributed by atoms with E-state index in [4.69, 9.17) is 4.74 Å². The van der Waals surface area contributed by atoms with Gasteiger partial charge in [0.2, 0.25) is 0 Å². The summed E-state index contributed by atoms with van der Waals surface area (Å²) in [4.78, 5) is 15.9. The Morgan fingerprint density at radius 2 is 1.68 bits per heavy atom. The van der Waals surface area contributed by atoms with Gasteiger partial charge in [0.05, 0.1) is 17.2 Å². The van der Waals surface area contributed by atoms with Crippen LogP contribution in [0.25, 0.3) is 11.6 Å². The largest absolute Gasteiger partial charge is 0.423 e. The summed E-state index contributed by atoms with van der Waals surface area (Å²) in [6.07, 6.45) is 4.85. The second-order valence-electron chi connectivity index (χ2n) is 5.24. The molecule has 0 amide bonds. The van der Waals surface area contributed by atoms with Gasteiger partial charge in [-0.15, -0.1) is 0 Å². The van der Waals surface area contributed by atoms with Gasteiger partial charge < -0.3 is 4.74 Å². The van der Waals surface area contributed by atoms with E-state index in [-0.39, 0.29) is 0 Å². The van der Waals surface area contributed by atoms with E-state index < -0.39 is 5.97 Å². The number of hydrogen-bond donors (Lipinski definition) is 0. The molecule has 0 aliphatic heterocycles. The lowest BCUT2D eigenvalue weighted by molar-refractivity contribution is 0.0734. The molecule has 2 aromatic carbocycles. The lowest BCUT2D eigenvalue weighted by Gasteiger charge is -2.04. The standard InChI is InChI=1S/C21H14N2O2/c22-14-19(17-5-2-1-3-6-17)13-16-8-10-20(11-9-16)25-21(24)18-7-4-12-23-15-18/h1-13,15H/b19-13-. The summed E-state index contributed by atoms with van der Waals surface area (Å²) in [5.74, 6) is -0.0254. The zero-order chi connectivity index (χ0) is 17.5. The third kappa shape index (κ3) is 4.18. The maximum absolute atomic E-state index is 12.0. The molecule has 4 nitrogen and oxygen atoms in total. The average molecular weight is 326 g/mol. The van der Waals surface area contributed by atoms with Crippen LogP contribution < -0.4 is 4.74 Å². The van der Waals surface area contributed by atoms with Gasteiger partial charge in [-0.1, -0.05) is 42.5 Å². The Labute approximate surface area is 145 Å². The molecule has 0 saturated heterocycles. The van der Waals surface area contributed by atoms with Crippen LogP contribution in [0, 0.1) is 11.3 Å². The molecule has 3 aromatic rings. The molecule has 4 heteroatoms. The van der Waals surface area contributed by atoms with Gasteiger partial charge in [-0.05, 0) is 41.5 Å². The van der Waals surface area contributed by atoms with E-state index in [1.54, 1.807) is 48.7 Å². The molecule has 0 aliphatic carbocycles. The Balaban J connectivity index is 1.75. The van der Waals surface area contributed by atoms with Gasteiger partial charge in [0, 0.05) is 12.4 Å². The lowest BCUT2D eigenvalue weighted by atomic mass is 10.0. The molecule has 0 spiro atoms. The van der Waals surface area contributed by atoms with Gasteiger partial charge >= 0.3 is 5.97 Å². The normalized spacial score (nSPS) is 10.8. The highest BCUT2D eigenvalue weighted by atomic mass is 16.5. The number of nitriles is 1. The smallest absolute Gasteiger partial charge is 0.345 e. The molecule has 0 saturated carbocycles. The van der Waals surface area contributed by atoms with Crippen molar-refractivity contribution in [2.75, 3.05) is 0 Å². The molecule has 0 bridgehead atoms. The zero-order valence-electron chi connectivity index (χ0n) is 13.3. The van der Waals surface area contributed by atoms with Crippen LogP contribution in [-0.2, 0) is 0 Å². The minimum atomic E-state index is -0.460. The number of hydrogen-bond acceptors (Lipinski definition) is 4. The number of carbonyl (C=O) groups excluding carboxylic acids is 1. The lowest BCUT2D eigenvalue weighted by Crippen LogP contribution is -2.08. The Hall–Kier alpha value is -3.71. The van der Waals surface area contributed by atoms with Crippen LogP contribution in [0.1, 0.15) is 21.5 Å². The molecule has 25 heavy (non-hydrogen) atoms. The average Bonchev–Trinajstić information content (AvgIpc) is 2.68. The molecule has 0 atom stereocenters. The highest BCUT2D eigenvalue weighted by molar-refractivity contribution is 5.91. The van der Waals surface area contributed by atoms with E-state index in [1.807, 2.05) is 30.3 Å². The van der Waals surface area contributed by atoms with Crippen molar-refractivity contribution in [3.8, 4) is 11.8 Å². The Bertz CT molecular complexity index is 925. The molecule has 3 rings (SSSR count). The highest BCUT2D eigenvalue weighted by Crippen LogP contribution is 2.20. The third-order valence-corrected chi connectivity index (χ3v) is 3.50. The van der Waals surface area contributed by atoms with Crippen LogP contribution in [0.15, 0.2) is 79.1 Å². The number of rotatable bonds is 4. The molecule has 0 aliphatic rings. The highest BCUT2D eigenvalue weighted by Gasteiger charge is 2.08. The summed E-state index contributed by atoms with van der Waals surface area (Å²) in [6, 6.07) is 22.0. The van der Waals surface area contributed by atoms with Crippen molar-refractivity contribution in [1.82, 2.24) is 4.98 Å². The SMILES string of the molecule is N#C/C(=C/c1ccc(OC(=O)c2cccnc2)cc1)c1ccccc1. The number of carbonyl (C=O) groups is 1. The van der Waals surface area contributed by atoms with Crippen molar-refractivity contribution >= 4 is 17.6 Å². The molecule has 0 N–H and O–H groups in total. The van der Waals surface area contributed by atoms with Crippen molar-refractivity contribution < 1.29 is 9.53 Å².